The largest absolute Gasteiger partial charge is 0.461 e. The Labute approximate surface area is 40.4 Å². The summed E-state index contributed by atoms with van der Waals surface area (Å²) < 4.78 is 10.1. The topological polar surface area (TPSA) is 17.1 Å². The van der Waals surface area contributed by atoms with Gasteiger partial charge in [0.25, 0.3) is 0 Å². The summed E-state index contributed by atoms with van der Waals surface area (Å²) in [6, 6.07) is 0. The van der Waals surface area contributed by atoms with E-state index >= 15 is 0 Å². The molecular weight excluding hydrogens is 96.1 g/mol. The molecule has 0 N–H and O–H groups in total. The highest BCUT2D eigenvalue weighted by molar-refractivity contribution is 7.82. The van der Waals surface area contributed by atoms with Gasteiger partial charge in [-0.05, 0) is 0 Å². The standard InChI is InChI=1S/C4H9OS/c1-4(2)6(3)5/h4H,3H2,1-2H3/q-1. The summed E-state index contributed by atoms with van der Waals surface area (Å²) >= 11 is 0. The van der Waals surface area contributed by atoms with E-state index in [9.17, 15) is 4.21 Å². The van der Waals surface area contributed by atoms with Crippen molar-refractivity contribution in [1.29, 1.82) is 0 Å². The van der Waals surface area contributed by atoms with Gasteiger partial charge in [-0.2, -0.15) is 5.87 Å². The van der Waals surface area contributed by atoms with Crippen molar-refractivity contribution in [2.75, 3.05) is 0 Å². The maximum Gasteiger partial charge on any atom is -0.0794 e. The van der Waals surface area contributed by atoms with Crippen molar-refractivity contribution in [3.8, 4) is 0 Å². The van der Waals surface area contributed by atoms with Crippen LogP contribution < -0.4 is 0 Å². The van der Waals surface area contributed by atoms with E-state index in [2.05, 4.69) is 5.87 Å². The molecule has 0 saturated carbocycles. The monoisotopic (exact) mass is 105 g/mol. The molecule has 0 bridgehead atoms. The smallest absolute Gasteiger partial charge is 0.0794 e. The van der Waals surface area contributed by atoms with Gasteiger partial charge in [-0.25, -0.2) is 0 Å². The van der Waals surface area contributed by atoms with Crippen LogP contribution in [0.2, 0.25) is 0 Å². The zero-order valence-corrected chi connectivity index (χ0v) is 4.92. The summed E-state index contributed by atoms with van der Waals surface area (Å²) in [5.74, 6) is 3.31. The van der Waals surface area contributed by atoms with E-state index in [1.165, 1.54) is 0 Å². The third-order valence-corrected chi connectivity index (χ3v) is 1.58. The Morgan fingerprint density at radius 1 is 1.67 bits per heavy atom. The maximum atomic E-state index is 10.1. The Morgan fingerprint density at radius 3 is 1.83 bits per heavy atom. The van der Waals surface area contributed by atoms with Gasteiger partial charge < -0.3 is 4.21 Å². The summed E-state index contributed by atoms with van der Waals surface area (Å²) in [6.07, 6.45) is 0. The van der Waals surface area contributed by atoms with Gasteiger partial charge in [0, 0.05) is 0 Å². The van der Waals surface area contributed by atoms with E-state index in [0.717, 1.165) is 0 Å². The number of rotatable bonds is 1. The fourth-order valence-electron chi connectivity index (χ4n) is 0. The molecule has 0 aromatic rings. The lowest BCUT2D eigenvalue weighted by Crippen LogP contribution is -1.92. The van der Waals surface area contributed by atoms with Crippen LogP contribution in [0.5, 0.6) is 0 Å². The van der Waals surface area contributed by atoms with E-state index in [-0.39, 0.29) is 5.25 Å². The first-order chi connectivity index (χ1) is 2.64. The molecule has 6 heavy (non-hydrogen) atoms. The average Bonchev–Trinajstić information content (AvgIpc) is 1.36. The number of hydrogen-bond acceptors (Lipinski definition) is 2. The third kappa shape index (κ3) is 2.27. The molecule has 0 amide bonds. The summed E-state index contributed by atoms with van der Waals surface area (Å²) in [6.45, 7) is 3.76. The van der Waals surface area contributed by atoms with Crippen LogP contribution in [0.15, 0.2) is 0 Å². The van der Waals surface area contributed by atoms with E-state index < -0.39 is 10.4 Å². The zero-order valence-electron chi connectivity index (χ0n) is 4.10. The van der Waals surface area contributed by atoms with E-state index in [1.807, 2.05) is 13.8 Å². The number of hydrogen-bond donors (Lipinski definition) is 0. The predicted octanol–water partition coefficient (Wildman–Crippen LogP) is 0.791. The molecule has 0 saturated heterocycles. The molecule has 0 aliphatic heterocycles. The van der Waals surface area contributed by atoms with Gasteiger partial charge in [0.15, 0.2) is 0 Å². The Hall–Kier alpha value is 0.0200. The summed E-state index contributed by atoms with van der Waals surface area (Å²) in [5, 5.41) is 0.213. The molecule has 0 heterocycles. The van der Waals surface area contributed by atoms with Crippen molar-refractivity contribution in [2.24, 2.45) is 0 Å². The van der Waals surface area contributed by atoms with Crippen LogP contribution in [0.4, 0.5) is 0 Å². The van der Waals surface area contributed by atoms with Crippen LogP contribution in [-0.2, 0) is 14.6 Å². The second kappa shape index (κ2) is 2.24. The molecule has 2 heteroatoms. The molecule has 0 radical (unpaired) electrons. The molecule has 0 aromatic heterocycles. The van der Waals surface area contributed by atoms with Gasteiger partial charge in [0.1, 0.15) is 0 Å². The Kier molecular flexibility index (Phi) is 2.25. The molecule has 0 aliphatic rings. The lowest BCUT2D eigenvalue weighted by molar-refractivity contribution is 0.599. The Morgan fingerprint density at radius 2 is 1.83 bits per heavy atom. The highest BCUT2D eigenvalue weighted by atomic mass is 32.2. The van der Waals surface area contributed by atoms with Crippen LogP contribution in [0, 0.1) is 0 Å². The minimum atomic E-state index is -0.867. The quantitative estimate of drug-likeness (QED) is 0.356. The lowest BCUT2D eigenvalue weighted by atomic mass is 10.6. The van der Waals surface area contributed by atoms with Gasteiger partial charge in [0.05, 0.1) is 0 Å². The fraction of sp³-hybridized carbons (Fsp3) is 0.750. The Bertz CT molecular complexity index is 83.7. The first kappa shape index (κ1) is 6.02. The summed E-state index contributed by atoms with van der Waals surface area (Å²) in [4.78, 5) is 0. The SMILES string of the molecule is C=[S-](=O)C(C)C. The molecule has 0 fully saturated rings. The van der Waals surface area contributed by atoms with Crippen LogP contribution in [0.1, 0.15) is 13.8 Å². The van der Waals surface area contributed by atoms with E-state index in [0.29, 0.717) is 0 Å². The minimum Gasteiger partial charge on any atom is -0.461 e. The van der Waals surface area contributed by atoms with Crippen molar-refractivity contribution < 1.29 is 4.21 Å². The molecular formula is C4H9OS-. The molecule has 0 unspecified atom stereocenters. The lowest BCUT2D eigenvalue weighted by Gasteiger charge is -2.01. The van der Waals surface area contributed by atoms with E-state index in [4.69, 9.17) is 0 Å². The van der Waals surface area contributed by atoms with Crippen LogP contribution >= 0.6 is 0 Å². The van der Waals surface area contributed by atoms with Gasteiger partial charge in [-0.15, -0.1) is 0 Å². The predicted molar refractivity (Wildman–Crippen MR) is 30.3 cm³/mol. The molecule has 0 aromatic carbocycles. The molecule has 0 atom stereocenters. The van der Waals surface area contributed by atoms with Crippen molar-refractivity contribution >= 4 is 16.3 Å². The maximum absolute atomic E-state index is 10.1. The highest BCUT2D eigenvalue weighted by Gasteiger charge is 1.70. The van der Waals surface area contributed by atoms with Crippen molar-refractivity contribution in [2.45, 2.75) is 19.1 Å². The van der Waals surface area contributed by atoms with Gasteiger partial charge in [-0.1, -0.05) is 19.1 Å². The normalized spacial score (nSPS) is 10.7. The van der Waals surface area contributed by atoms with Crippen molar-refractivity contribution in [3.63, 3.8) is 0 Å². The van der Waals surface area contributed by atoms with Crippen LogP contribution in [0.3, 0.4) is 0 Å². The van der Waals surface area contributed by atoms with Crippen molar-refractivity contribution in [3.05, 3.63) is 0 Å². The molecule has 0 spiro atoms. The third-order valence-electron chi connectivity index (χ3n) is 0.526. The fourth-order valence-corrected chi connectivity index (χ4v) is 0. The van der Waals surface area contributed by atoms with Crippen LogP contribution in [0.25, 0.3) is 0 Å². The van der Waals surface area contributed by atoms with E-state index in [1.54, 1.807) is 0 Å². The summed E-state index contributed by atoms with van der Waals surface area (Å²) in [5.41, 5.74) is 0. The molecule has 0 rings (SSSR count). The zero-order chi connectivity index (χ0) is 5.15. The first-order valence-corrected chi connectivity index (χ1v) is 3.23. The van der Waals surface area contributed by atoms with Crippen LogP contribution in [-0.4, -0.2) is 11.1 Å². The van der Waals surface area contributed by atoms with Gasteiger partial charge in [0.2, 0.25) is 0 Å². The molecule has 1 nitrogen and oxygen atoms in total. The van der Waals surface area contributed by atoms with Gasteiger partial charge >= 0.3 is 0 Å². The average molecular weight is 105 g/mol. The highest BCUT2D eigenvalue weighted by Crippen LogP contribution is 1.79. The van der Waals surface area contributed by atoms with Crippen molar-refractivity contribution in [1.82, 2.24) is 0 Å². The first-order valence-electron chi connectivity index (χ1n) is 1.85. The minimum absolute atomic E-state index is 0.213. The van der Waals surface area contributed by atoms with Gasteiger partial charge in [-0.3, -0.25) is 10.4 Å². The molecule has 0 aliphatic carbocycles. The Balaban J connectivity index is 3.57. The molecule has 38 valence electrons. The summed E-state index contributed by atoms with van der Waals surface area (Å²) in [7, 11) is -0.867. The second-order valence-corrected chi connectivity index (χ2v) is 3.13. The second-order valence-electron chi connectivity index (χ2n) is 1.43.